The number of carbonyl (C=O) groups excluding carboxylic acids is 1. The fraction of sp³-hybridized carbons (Fsp3) is 0.200. The summed E-state index contributed by atoms with van der Waals surface area (Å²) in [5, 5.41) is 29.5. The van der Waals surface area contributed by atoms with Crippen LogP contribution in [-0.2, 0) is 16.0 Å². The van der Waals surface area contributed by atoms with Gasteiger partial charge in [0.05, 0.1) is 11.3 Å². The van der Waals surface area contributed by atoms with Gasteiger partial charge in [0.15, 0.2) is 0 Å². The van der Waals surface area contributed by atoms with Crippen LogP contribution in [0.4, 0.5) is 5.69 Å². The number of non-ortho nitro benzene ring substituents is 1. The predicted octanol–water partition coefficient (Wildman–Crippen LogP) is -0.344. The number of carboxylic acid groups (broad SMARTS) is 1. The van der Waals surface area contributed by atoms with Crippen LogP contribution in [0.15, 0.2) is 24.3 Å². The van der Waals surface area contributed by atoms with Gasteiger partial charge in [0.1, 0.15) is 0 Å². The normalized spacial score (nSPS) is 11.6. The van der Waals surface area contributed by atoms with Crippen LogP contribution < -0.4 is 5.32 Å². The third-order valence-corrected chi connectivity index (χ3v) is 2.04. The minimum atomic E-state index is -1.96. The Morgan fingerprint density at radius 2 is 1.89 bits per heavy atom. The summed E-state index contributed by atoms with van der Waals surface area (Å²) in [7, 11) is 0. The highest BCUT2D eigenvalue weighted by atomic mass is 16.6. The summed E-state index contributed by atoms with van der Waals surface area (Å²) in [5.74, 6) is -2.26. The second-order valence-electron chi connectivity index (χ2n) is 3.41. The van der Waals surface area contributed by atoms with E-state index in [9.17, 15) is 19.7 Å². The summed E-state index contributed by atoms with van der Waals surface area (Å²) < 4.78 is 0. The van der Waals surface area contributed by atoms with Crippen molar-refractivity contribution in [2.75, 3.05) is 0 Å². The van der Waals surface area contributed by atoms with E-state index in [-0.39, 0.29) is 12.1 Å². The molecule has 0 saturated carbocycles. The number of benzene rings is 1. The van der Waals surface area contributed by atoms with E-state index in [1.54, 1.807) is 0 Å². The molecule has 0 aromatic heterocycles. The standard InChI is InChI=1S/C10H10N2O6/c13-8(11-9(14)10(15)16)5-6-1-3-7(4-2-6)12(17)18/h1-4,9,14H,5H2,(H,11,13)(H,15,16). The largest absolute Gasteiger partial charge is 0.478 e. The Bertz CT molecular complexity index is 470. The second kappa shape index (κ2) is 5.73. The van der Waals surface area contributed by atoms with Crippen molar-refractivity contribution in [2.45, 2.75) is 12.6 Å². The van der Waals surface area contributed by atoms with E-state index in [0.717, 1.165) is 0 Å². The van der Waals surface area contributed by atoms with Crippen LogP contribution >= 0.6 is 0 Å². The molecule has 3 N–H and O–H groups in total. The summed E-state index contributed by atoms with van der Waals surface area (Å²) in [5.41, 5.74) is 0.361. The van der Waals surface area contributed by atoms with Gasteiger partial charge in [-0.15, -0.1) is 0 Å². The molecule has 0 radical (unpaired) electrons. The molecule has 0 aliphatic rings. The Morgan fingerprint density at radius 1 is 1.33 bits per heavy atom. The molecule has 0 heterocycles. The molecule has 1 aromatic rings. The van der Waals surface area contributed by atoms with E-state index < -0.39 is 23.0 Å². The van der Waals surface area contributed by atoms with Crippen molar-refractivity contribution in [1.82, 2.24) is 5.32 Å². The Kier molecular flexibility index (Phi) is 4.33. The zero-order valence-electron chi connectivity index (χ0n) is 9.07. The van der Waals surface area contributed by atoms with Gasteiger partial charge in [0, 0.05) is 12.1 Å². The number of nitro groups is 1. The number of hydrogen-bond donors (Lipinski definition) is 3. The van der Waals surface area contributed by atoms with Gasteiger partial charge in [-0.1, -0.05) is 12.1 Å². The summed E-state index contributed by atoms with van der Waals surface area (Å²) in [6.07, 6.45) is -2.14. The number of aliphatic hydroxyl groups is 1. The average Bonchev–Trinajstić information content (AvgIpc) is 2.29. The number of aliphatic carboxylic acids is 1. The fourth-order valence-electron chi connectivity index (χ4n) is 1.19. The molecule has 0 saturated heterocycles. The van der Waals surface area contributed by atoms with Crippen LogP contribution in [0, 0.1) is 10.1 Å². The third-order valence-electron chi connectivity index (χ3n) is 2.04. The van der Waals surface area contributed by atoms with Gasteiger partial charge in [-0.25, -0.2) is 4.79 Å². The zero-order chi connectivity index (χ0) is 13.7. The van der Waals surface area contributed by atoms with E-state index in [1.807, 2.05) is 5.32 Å². The van der Waals surface area contributed by atoms with Gasteiger partial charge < -0.3 is 15.5 Å². The Morgan fingerprint density at radius 3 is 2.33 bits per heavy atom. The summed E-state index contributed by atoms with van der Waals surface area (Å²) in [6, 6.07) is 5.22. The Hall–Kier alpha value is -2.48. The summed E-state index contributed by atoms with van der Waals surface area (Å²) in [4.78, 5) is 31.4. The van der Waals surface area contributed by atoms with Gasteiger partial charge in [-0.05, 0) is 5.56 Å². The number of amides is 1. The fourth-order valence-corrected chi connectivity index (χ4v) is 1.19. The number of nitrogens with zero attached hydrogens (tertiary/aromatic N) is 1. The molecule has 0 fully saturated rings. The van der Waals surface area contributed by atoms with Crippen LogP contribution in [0.1, 0.15) is 5.56 Å². The van der Waals surface area contributed by atoms with Gasteiger partial charge >= 0.3 is 5.97 Å². The van der Waals surface area contributed by atoms with E-state index in [1.165, 1.54) is 24.3 Å². The maximum atomic E-state index is 11.3. The highest BCUT2D eigenvalue weighted by Crippen LogP contribution is 2.12. The van der Waals surface area contributed by atoms with Crippen molar-refractivity contribution in [3.05, 3.63) is 39.9 Å². The van der Waals surface area contributed by atoms with Crippen LogP contribution in [-0.4, -0.2) is 33.2 Å². The van der Waals surface area contributed by atoms with E-state index in [2.05, 4.69) is 0 Å². The van der Waals surface area contributed by atoms with Crippen LogP contribution in [0.2, 0.25) is 0 Å². The molecular weight excluding hydrogens is 244 g/mol. The number of nitrogens with one attached hydrogen (secondary N) is 1. The van der Waals surface area contributed by atoms with Gasteiger partial charge in [-0.3, -0.25) is 14.9 Å². The van der Waals surface area contributed by atoms with Crippen molar-refractivity contribution < 1.29 is 24.7 Å². The third kappa shape index (κ3) is 3.83. The smallest absolute Gasteiger partial charge is 0.353 e. The Balaban J connectivity index is 2.60. The maximum absolute atomic E-state index is 11.3. The van der Waals surface area contributed by atoms with Crippen molar-refractivity contribution in [3.8, 4) is 0 Å². The van der Waals surface area contributed by atoms with Crippen LogP contribution in [0.5, 0.6) is 0 Å². The molecule has 8 heteroatoms. The lowest BCUT2D eigenvalue weighted by atomic mass is 10.1. The van der Waals surface area contributed by atoms with Crippen molar-refractivity contribution in [3.63, 3.8) is 0 Å². The molecule has 0 aliphatic heterocycles. The molecule has 1 unspecified atom stereocenters. The highest BCUT2D eigenvalue weighted by Gasteiger charge is 2.16. The quantitative estimate of drug-likeness (QED) is 0.374. The molecule has 0 spiro atoms. The number of hydrogen-bond acceptors (Lipinski definition) is 5. The molecule has 1 rings (SSSR count). The number of carbonyl (C=O) groups is 2. The predicted molar refractivity (Wildman–Crippen MR) is 58.6 cm³/mol. The first-order valence-electron chi connectivity index (χ1n) is 4.83. The lowest BCUT2D eigenvalue weighted by Gasteiger charge is -2.07. The summed E-state index contributed by atoms with van der Waals surface area (Å²) in [6.45, 7) is 0. The molecule has 96 valence electrons. The molecular formula is C10H10N2O6. The summed E-state index contributed by atoms with van der Waals surface area (Å²) >= 11 is 0. The first kappa shape index (κ1) is 13.6. The SMILES string of the molecule is O=C(Cc1ccc([N+](=O)[O-])cc1)NC(O)C(=O)O. The molecule has 8 nitrogen and oxygen atoms in total. The molecule has 0 bridgehead atoms. The lowest BCUT2D eigenvalue weighted by Crippen LogP contribution is -2.41. The van der Waals surface area contributed by atoms with E-state index >= 15 is 0 Å². The number of nitro benzene ring substituents is 1. The van der Waals surface area contributed by atoms with Crippen molar-refractivity contribution in [1.29, 1.82) is 0 Å². The second-order valence-corrected chi connectivity index (χ2v) is 3.41. The topological polar surface area (TPSA) is 130 Å². The number of carboxylic acids is 1. The molecule has 1 atom stereocenters. The van der Waals surface area contributed by atoms with Crippen LogP contribution in [0.3, 0.4) is 0 Å². The first-order valence-corrected chi connectivity index (χ1v) is 4.83. The van der Waals surface area contributed by atoms with Gasteiger partial charge in [0.2, 0.25) is 12.1 Å². The zero-order valence-corrected chi connectivity index (χ0v) is 9.07. The van der Waals surface area contributed by atoms with Crippen molar-refractivity contribution in [2.24, 2.45) is 0 Å². The Labute approximate surface area is 101 Å². The number of rotatable bonds is 5. The molecule has 1 aromatic carbocycles. The minimum absolute atomic E-state index is 0.107. The van der Waals surface area contributed by atoms with Crippen molar-refractivity contribution >= 4 is 17.6 Å². The van der Waals surface area contributed by atoms with E-state index in [0.29, 0.717) is 5.56 Å². The minimum Gasteiger partial charge on any atom is -0.478 e. The maximum Gasteiger partial charge on any atom is 0.353 e. The molecule has 0 aliphatic carbocycles. The molecule has 18 heavy (non-hydrogen) atoms. The van der Waals surface area contributed by atoms with Gasteiger partial charge in [0.25, 0.3) is 5.69 Å². The average molecular weight is 254 g/mol. The number of aliphatic hydroxyl groups excluding tert-OH is 1. The molecule has 1 amide bonds. The van der Waals surface area contributed by atoms with Crippen LogP contribution in [0.25, 0.3) is 0 Å². The van der Waals surface area contributed by atoms with Gasteiger partial charge in [-0.2, -0.15) is 0 Å². The van der Waals surface area contributed by atoms with E-state index in [4.69, 9.17) is 10.2 Å². The monoisotopic (exact) mass is 254 g/mol. The first-order chi connectivity index (χ1) is 8.40. The highest BCUT2D eigenvalue weighted by molar-refractivity contribution is 5.83. The lowest BCUT2D eigenvalue weighted by molar-refractivity contribution is -0.384.